The summed E-state index contributed by atoms with van der Waals surface area (Å²) in [6.45, 7) is 22.4. The van der Waals surface area contributed by atoms with Crippen molar-refractivity contribution < 1.29 is 0 Å². The number of rotatable bonds is 11. The predicted molar refractivity (Wildman–Crippen MR) is 172 cm³/mol. The van der Waals surface area contributed by atoms with Crippen molar-refractivity contribution in [2.75, 3.05) is 0 Å². The van der Waals surface area contributed by atoms with Gasteiger partial charge in [0.25, 0.3) is 0 Å². The van der Waals surface area contributed by atoms with Crippen LogP contribution in [0.25, 0.3) is 39.1 Å². The molecular weight excluding hydrogens is 510 g/mol. The maximum Gasteiger partial charge on any atom is 0.181 e. The Kier molecular flexibility index (Phi) is 7.71. The zero-order chi connectivity index (χ0) is 28.4. The van der Waals surface area contributed by atoms with Crippen molar-refractivity contribution in [1.29, 1.82) is 0 Å². The molecule has 4 heterocycles. The van der Waals surface area contributed by atoms with E-state index in [1.54, 1.807) is 11.3 Å². The molecule has 1 fully saturated rings. The van der Waals surface area contributed by atoms with Gasteiger partial charge in [0.2, 0.25) is 0 Å². The quantitative estimate of drug-likeness (QED) is 0.165. The van der Waals surface area contributed by atoms with Crippen LogP contribution in [-0.2, 0) is 0 Å². The highest BCUT2D eigenvalue weighted by Crippen LogP contribution is 2.37. The number of hydrogen-bond acceptors (Lipinski definition) is 4. The van der Waals surface area contributed by atoms with E-state index < -0.39 is 0 Å². The molecule has 3 N–H and O–H groups in total. The molecular formula is C34H35N5S. The van der Waals surface area contributed by atoms with Crippen molar-refractivity contribution in [2.24, 2.45) is 5.92 Å². The SMILES string of the molecule is C=C/C=C(/c1ccc(C(=C)C)s1)c1cc(-c2[nH]nc3ncc(C(/C=C(\C=C)NC(=C)C4CC4)=C/C)cc23)[nH]c1C. The molecule has 0 bridgehead atoms. The van der Waals surface area contributed by atoms with Gasteiger partial charge in [-0.15, -0.1) is 11.3 Å². The zero-order valence-electron chi connectivity index (χ0n) is 23.4. The standard InChI is InChI=1S/C34H35N5S/c1-8-11-27(32-15-14-31(40-32)20(4)5)28-18-30(37-22(28)7)33-29-17-25(19-35-34(29)39-38-33)23(9-2)16-26(10-3)36-21(6)24-12-13-24/h8-11,14-19,24,36-37H,1,3-4,6,12-13H2,2,5,7H3,(H,35,38,39)/b23-9+,26-16+,27-11+. The van der Waals surface area contributed by atoms with Gasteiger partial charge < -0.3 is 10.3 Å². The molecule has 6 heteroatoms. The first kappa shape index (κ1) is 27.2. The third-order valence-electron chi connectivity index (χ3n) is 7.11. The van der Waals surface area contributed by atoms with Crippen molar-refractivity contribution in [1.82, 2.24) is 25.5 Å². The van der Waals surface area contributed by atoms with E-state index in [-0.39, 0.29) is 0 Å². The maximum absolute atomic E-state index is 4.67. The largest absolute Gasteiger partial charge is 0.359 e. The van der Waals surface area contributed by atoms with Crippen molar-refractivity contribution >= 4 is 39.1 Å². The molecule has 0 unspecified atom stereocenters. The molecule has 0 amide bonds. The van der Waals surface area contributed by atoms with Crippen LogP contribution >= 0.6 is 11.3 Å². The lowest BCUT2D eigenvalue weighted by Gasteiger charge is -2.11. The van der Waals surface area contributed by atoms with E-state index in [1.165, 1.54) is 22.6 Å². The van der Waals surface area contributed by atoms with E-state index in [9.17, 15) is 0 Å². The Hall–Kier alpha value is -4.42. The van der Waals surface area contributed by atoms with E-state index in [2.05, 4.69) is 101 Å². The summed E-state index contributed by atoms with van der Waals surface area (Å²) in [4.78, 5) is 10.6. The van der Waals surface area contributed by atoms with Crippen molar-refractivity contribution in [3.8, 4) is 11.4 Å². The lowest BCUT2D eigenvalue weighted by atomic mass is 10.0. The number of aromatic amines is 2. The molecule has 40 heavy (non-hydrogen) atoms. The summed E-state index contributed by atoms with van der Waals surface area (Å²) < 4.78 is 0. The topological polar surface area (TPSA) is 69.4 Å². The normalized spacial score (nSPS) is 14.4. The van der Waals surface area contributed by atoms with Gasteiger partial charge in [-0.2, -0.15) is 5.10 Å². The van der Waals surface area contributed by atoms with Gasteiger partial charge in [0.05, 0.1) is 11.4 Å². The first-order valence-corrected chi connectivity index (χ1v) is 14.2. The molecule has 0 aromatic carbocycles. The number of aromatic nitrogens is 4. The summed E-state index contributed by atoms with van der Waals surface area (Å²) in [7, 11) is 0. The lowest BCUT2D eigenvalue weighted by Crippen LogP contribution is -2.11. The van der Waals surface area contributed by atoms with E-state index in [4.69, 9.17) is 0 Å². The molecule has 0 spiro atoms. The first-order valence-electron chi connectivity index (χ1n) is 13.4. The number of allylic oxidation sites excluding steroid dienone is 8. The Bertz CT molecular complexity index is 1730. The summed E-state index contributed by atoms with van der Waals surface area (Å²) in [5.74, 6) is 0.563. The van der Waals surface area contributed by atoms with E-state index in [1.807, 2.05) is 32.2 Å². The highest BCUT2D eigenvalue weighted by atomic mass is 32.1. The molecule has 0 radical (unpaired) electrons. The van der Waals surface area contributed by atoms with E-state index in [0.29, 0.717) is 11.6 Å². The summed E-state index contributed by atoms with van der Waals surface area (Å²) in [5, 5.41) is 12.1. The Morgan fingerprint density at radius 3 is 2.58 bits per heavy atom. The Morgan fingerprint density at radius 1 is 1.15 bits per heavy atom. The summed E-state index contributed by atoms with van der Waals surface area (Å²) in [6, 6.07) is 8.58. The van der Waals surface area contributed by atoms with Gasteiger partial charge >= 0.3 is 0 Å². The fourth-order valence-electron chi connectivity index (χ4n) is 4.74. The van der Waals surface area contributed by atoms with Crippen LogP contribution in [0.3, 0.4) is 0 Å². The molecule has 4 aromatic heterocycles. The van der Waals surface area contributed by atoms with Crippen LogP contribution in [0.2, 0.25) is 0 Å². The summed E-state index contributed by atoms with van der Waals surface area (Å²) in [6.07, 6.45) is 14.2. The lowest BCUT2D eigenvalue weighted by molar-refractivity contribution is 0.865. The number of aryl methyl sites for hydroxylation is 1. The van der Waals surface area contributed by atoms with Crippen LogP contribution in [-0.4, -0.2) is 20.2 Å². The van der Waals surface area contributed by atoms with Gasteiger partial charge in [0.15, 0.2) is 5.65 Å². The maximum atomic E-state index is 4.67. The second kappa shape index (κ2) is 11.4. The van der Waals surface area contributed by atoms with Crippen molar-refractivity contribution in [2.45, 2.75) is 33.6 Å². The number of H-pyrrole nitrogens is 2. The number of fused-ring (bicyclic) bond motifs is 1. The fourth-order valence-corrected chi connectivity index (χ4v) is 5.71. The van der Waals surface area contributed by atoms with Crippen LogP contribution in [0.15, 0.2) is 98.6 Å². The Labute approximate surface area is 240 Å². The predicted octanol–water partition coefficient (Wildman–Crippen LogP) is 8.96. The molecule has 1 saturated carbocycles. The second-order valence-corrected chi connectivity index (χ2v) is 11.2. The fraction of sp³-hybridized carbons (Fsp3) is 0.176. The van der Waals surface area contributed by atoms with Gasteiger partial charge in [-0.25, -0.2) is 4.98 Å². The number of hydrogen-bond donors (Lipinski definition) is 3. The van der Waals surface area contributed by atoms with Gasteiger partial charge in [-0.3, -0.25) is 5.10 Å². The molecule has 1 aliphatic rings. The molecule has 4 aromatic rings. The molecule has 0 atom stereocenters. The minimum Gasteiger partial charge on any atom is -0.359 e. The van der Waals surface area contributed by atoms with Crippen molar-refractivity contribution in [3.05, 3.63) is 125 Å². The smallest absolute Gasteiger partial charge is 0.181 e. The molecule has 5 rings (SSSR count). The average molecular weight is 546 g/mol. The number of pyridine rings is 1. The van der Waals surface area contributed by atoms with Crippen LogP contribution in [0, 0.1) is 12.8 Å². The summed E-state index contributed by atoms with van der Waals surface area (Å²) >= 11 is 1.74. The Morgan fingerprint density at radius 2 is 1.93 bits per heavy atom. The van der Waals surface area contributed by atoms with Gasteiger partial charge in [0.1, 0.15) is 0 Å². The minimum atomic E-state index is 0.563. The van der Waals surface area contributed by atoms with E-state index in [0.717, 1.165) is 61.7 Å². The summed E-state index contributed by atoms with van der Waals surface area (Å²) in [5.41, 5.74) is 10.9. The molecule has 5 nitrogen and oxygen atoms in total. The third-order valence-corrected chi connectivity index (χ3v) is 8.39. The highest BCUT2D eigenvalue weighted by molar-refractivity contribution is 7.14. The first-order chi connectivity index (χ1) is 19.3. The van der Waals surface area contributed by atoms with Gasteiger partial charge in [0, 0.05) is 55.1 Å². The van der Waals surface area contributed by atoms with Crippen LogP contribution < -0.4 is 5.32 Å². The van der Waals surface area contributed by atoms with Crippen molar-refractivity contribution in [3.63, 3.8) is 0 Å². The minimum absolute atomic E-state index is 0.563. The average Bonchev–Trinajstić information content (AvgIpc) is 3.35. The molecule has 0 aliphatic heterocycles. The van der Waals surface area contributed by atoms with Gasteiger partial charge in [-0.05, 0) is 87.1 Å². The second-order valence-electron chi connectivity index (χ2n) is 10.1. The number of nitrogens with one attached hydrogen (secondary N) is 3. The van der Waals surface area contributed by atoms with E-state index >= 15 is 0 Å². The monoisotopic (exact) mass is 545 g/mol. The molecule has 1 aliphatic carbocycles. The Balaban J connectivity index is 1.51. The van der Waals surface area contributed by atoms with Gasteiger partial charge in [-0.1, -0.05) is 44.5 Å². The van der Waals surface area contributed by atoms with Crippen LogP contribution in [0.5, 0.6) is 0 Å². The van der Waals surface area contributed by atoms with Crippen LogP contribution in [0.1, 0.15) is 53.3 Å². The molecule has 202 valence electrons. The number of nitrogens with zero attached hydrogens (tertiary/aromatic N) is 2. The number of thiophene rings is 1. The highest BCUT2D eigenvalue weighted by Gasteiger charge is 2.24. The molecule has 0 saturated heterocycles. The van der Waals surface area contributed by atoms with Crippen LogP contribution in [0.4, 0.5) is 0 Å². The third kappa shape index (κ3) is 5.49. The zero-order valence-corrected chi connectivity index (χ0v) is 24.2.